The lowest BCUT2D eigenvalue weighted by molar-refractivity contribution is -0.135. The number of carboxylic acid groups (broad SMARTS) is 1. The molecule has 0 unspecified atom stereocenters. The molecular formula is C17H18N2O4. The summed E-state index contributed by atoms with van der Waals surface area (Å²) in [5.74, 6) is -0.370. The second-order valence-corrected chi connectivity index (χ2v) is 4.89. The van der Waals surface area contributed by atoms with Crippen LogP contribution in [0.1, 0.15) is 11.1 Å². The number of ether oxygens (including phenoxy) is 1. The van der Waals surface area contributed by atoms with Gasteiger partial charge in [0.05, 0.1) is 7.11 Å². The van der Waals surface area contributed by atoms with Crippen molar-refractivity contribution in [3.8, 4) is 5.75 Å². The second-order valence-electron chi connectivity index (χ2n) is 4.89. The zero-order valence-corrected chi connectivity index (χ0v) is 12.7. The van der Waals surface area contributed by atoms with Gasteiger partial charge in [0.25, 0.3) is 0 Å². The number of amides is 2. The number of rotatable bonds is 6. The first-order valence-electron chi connectivity index (χ1n) is 7.06. The highest BCUT2D eigenvalue weighted by molar-refractivity contribution is 5.91. The highest BCUT2D eigenvalue weighted by Crippen LogP contribution is 2.25. The summed E-state index contributed by atoms with van der Waals surface area (Å²) >= 11 is 0. The molecular weight excluding hydrogens is 296 g/mol. The molecule has 0 saturated carbocycles. The first kappa shape index (κ1) is 16.4. The Bertz CT molecular complexity index is 686. The van der Waals surface area contributed by atoms with Crippen molar-refractivity contribution in [2.24, 2.45) is 0 Å². The van der Waals surface area contributed by atoms with E-state index in [1.54, 1.807) is 19.2 Å². The largest absolute Gasteiger partial charge is 0.496 e. The van der Waals surface area contributed by atoms with Crippen LogP contribution in [0.4, 0.5) is 10.5 Å². The number of hydrogen-bond acceptors (Lipinski definition) is 3. The number of carboxylic acids is 1. The minimum Gasteiger partial charge on any atom is -0.496 e. The van der Waals surface area contributed by atoms with Gasteiger partial charge in [0.1, 0.15) is 12.3 Å². The molecule has 6 heteroatoms. The van der Waals surface area contributed by atoms with Crippen molar-refractivity contribution in [1.29, 1.82) is 0 Å². The minimum absolute atomic E-state index is 0.432. The molecule has 0 spiro atoms. The van der Waals surface area contributed by atoms with Crippen LogP contribution in [0, 0.1) is 0 Å². The minimum atomic E-state index is -1.10. The van der Waals surface area contributed by atoms with Gasteiger partial charge in [-0.25, -0.2) is 4.79 Å². The van der Waals surface area contributed by atoms with E-state index < -0.39 is 18.5 Å². The summed E-state index contributed by atoms with van der Waals surface area (Å²) < 4.78 is 5.35. The van der Waals surface area contributed by atoms with Crippen LogP contribution in [0.2, 0.25) is 0 Å². The molecule has 2 aromatic rings. The van der Waals surface area contributed by atoms with Crippen LogP contribution in [-0.4, -0.2) is 30.8 Å². The summed E-state index contributed by atoms with van der Waals surface area (Å²) in [7, 11) is 1.59. The average Bonchev–Trinajstić information content (AvgIpc) is 2.54. The number of aliphatic carboxylic acids is 1. The third-order valence-electron chi connectivity index (χ3n) is 3.18. The fourth-order valence-electron chi connectivity index (χ4n) is 2.14. The second kappa shape index (κ2) is 7.84. The predicted octanol–water partition coefficient (Wildman–Crippen LogP) is 2.49. The lowest BCUT2D eigenvalue weighted by atomic mass is 10.0. The maximum absolute atomic E-state index is 11.6. The van der Waals surface area contributed by atoms with Gasteiger partial charge in [0, 0.05) is 17.7 Å². The van der Waals surface area contributed by atoms with Gasteiger partial charge in [-0.15, -0.1) is 0 Å². The number of nitrogens with one attached hydrogen (secondary N) is 2. The molecule has 0 bridgehead atoms. The number of carbonyl (C=O) groups excluding carboxylic acids is 1. The summed E-state index contributed by atoms with van der Waals surface area (Å²) in [5.41, 5.74) is 2.62. The fraction of sp³-hybridized carbons (Fsp3) is 0.176. The van der Waals surface area contributed by atoms with E-state index in [0.29, 0.717) is 12.1 Å². The summed E-state index contributed by atoms with van der Waals surface area (Å²) in [6.45, 7) is -0.432. The van der Waals surface area contributed by atoms with Crippen molar-refractivity contribution in [3.05, 3.63) is 59.7 Å². The van der Waals surface area contributed by atoms with Crippen LogP contribution in [0.15, 0.2) is 48.5 Å². The van der Waals surface area contributed by atoms with Gasteiger partial charge in [-0.05, 0) is 23.8 Å². The van der Waals surface area contributed by atoms with E-state index >= 15 is 0 Å². The van der Waals surface area contributed by atoms with Gasteiger partial charge in [-0.1, -0.05) is 30.3 Å². The number of hydrogen-bond donors (Lipinski definition) is 3. The molecule has 2 rings (SSSR count). The maximum atomic E-state index is 11.6. The molecule has 2 aromatic carbocycles. The van der Waals surface area contributed by atoms with Crippen molar-refractivity contribution in [3.63, 3.8) is 0 Å². The van der Waals surface area contributed by atoms with Gasteiger partial charge in [-0.3, -0.25) is 4.79 Å². The number of carbonyl (C=O) groups is 2. The number of urea groups is 1. The highest BCUT2D eigenvalue weighted by Gasteiger charge is 2.08. The standard InChI is InChI=1S/C17H18N2O4/c1-23-15-8-7-14(19-17(22)18-11-16(20)21)10-13(15)9-12-5-3-2-4-6-12/h2-8,10H,9,11H2,1H3,(H,20,21)(H2,18,19,22). The molecule has 23 heavy (non-hydrogen) atoms. The van der Waals surface area contributed by atoms with E-state index in [4.69, 9.17) is 9.84 Å². The quantitative estimate of drug-likeness (QED) is 0.764. The molecule has 0 atom stereocenters. The van der Waals surface area contributed by atoms with Crippen LogP contribution in [0.25, 0.3) is 0 Å². The Morgan fingerprint density at radius 2 is 1.87 bits per heavy atom. The number of anilines is 1. The smallest absolute Gasteiger partial charge is 0.323 e. The van der Waals surface area contributed by atoms with Crippen molar-refractivity contribution < 1.29 is 19.4 Å². The average molecular weight is 314 g/mol. The molecule has 0 aliphatic rings. The number of benzene rings is 2. The van der Waals surface area contributed by atoms with E-state index in [1.807, 2.05) is 36.4 Å². The van der Waals surface area contributed by atoms with Gasteiger partial charge >= 0.3 is 12.0 Å². The van der Waals surface area contributed by atoms with Crippen molar-refractivity contribution in [1.82, 2.24) is 5.32 Å². The van der Waals surface area contributed by atoms with Crippen molar-refractivity contribution in [2.45, 2.75) is 6.42 Å². The SMILES string of the molecule is COc1ccc(NC(=O)NCC(=O)O)cc1Cc1ccccc1. The molecule has 0 fully saturated rings. The van der Waals surface area contributed by atoms with Crippen LogP contribution in [0.5, 0.6) is 5.75 Å². The van der Waals surface area contributed by atoms with Crippen LogP contribution >= 0.6 is 0 Å². The first-order chi connectivity index (χ1) is 11.1. The predicted molar refractivity (Wildman–Crippen MR) is 86.9 cm³/mol. The molecule has 2 amide bonds. The van der Waals surface area contributed by atoms with Gasteiger partial charge in [-0.2, -0.15) is 0 Å². The molecule has 0 aromatic heterocycles. The van der Waals surface area contributed by atoms with E-state index in [1.165, 1.54) is 0 Å². The Hall–Kier alpha value is -3.02. The summed E-state index contributed by atoms with van der Waals surface area (Å²) in [4.78, 5) is 22.1. The van der Waals surface area contributed by atoms with E-state index in [0.717, 1.165) is 16.9 Å². The van der Waals surface area contributed by atoms with E-state index in [9.17, 15) is 9.59 Å². The molecule has 0 aliphatic heterocycles. The van der Waals surface area contributed by atoms with E-state index in [2.05, 4.69) is 10.6 Å². The zero-order valence-electron chi connectivity index (χ0n) is 12.7. The fourth-order valence-corrected chi connectivity index (χ4v) is 2.14. The molecule has 0 heterocycles. The van der Waals surface area contributed by atoms with Gasteiger partial charge < -0.3 is 20.5 Å². The maximum Gasteiger partial charge on any atom is 0.323 e. The van der Waals surface area contributed by atoms with Crippen LogP contribution in [0.3, 0.4) is 0 Å². The van der Waals surface area contributed by atoms with Gasteiger partial charge in [0.15, 0.2) is 0 Å². The molecule has 6 nitrogen and oxygen atoms in total. The summed E-state index contributed by atoms with van der Waals surface area (Å²) in [6.07, 6.45) is 0.663. The lowest BCUT2D eigenvalue weighted by Gasteiger charge is -2.12. The van der Waals surface area contributed by atoms with E-state index in [-0.39, 0.29) is 0 Å². The molecule has 0 radical (unpaired) electrons. The van der Waals surface area contributed by atoms with Crippen molar-refractivity contribution >= 4 is 17.7 Å². The Kier molecular flexibility index (Phi) is 5.57. The summed E-state index contributed by atoms with van der Waals surface area (Å²) in [5, 5.41) is 13.4. The third kappa shape index (κ3) is 5.03. The summed E-state index contributed by atoms with van der Waals surface area (Å²) in [6, 6.07) is 14.6. The Labute approximate surface area is 134 Å². The number of methoxy groups -OCH3 is 1. The normalized spacial score (nSPS) is 9.96. The van der Waals surface area contributed by atoms with Crippen LogP contribution in [-0.2, 0) is 11.2 Å². The Balaban J connectivity index is 2.12. The zero-order chi connectivity index (χ0) is 16.7. The third-order valence-corrected chi connectivity index (χ3v) is 3.18. The Morgan fingerprint density at radius 1 is 1.13 bits per heavy atom. The Morgan fingerprint density at radius 3 is 2.52 bits per heavy atom. The molecule has 0 aliphatic carbocycles. The molecule has 120 valence electrons. The molecule has 0 saturated heterocycles. The topological polar surface area (TPSA) is 87.7 Å². The van der Waals surface area contributed by atoms with Gasteiger partial charge in [0.2, 0.25) is 0 Å². The lowest BCUT2D eigenvalue weighted by Crippen LogP contribution is -2.33. The van der Waals surface area contributed by atoms with Crippen molar-refractivity contribution in [2.75, 3.05) is 19.0 Å². The molecule has 3 N–H and O–H groups in total. The first-order valence-corrected chi connectivity index (χ1v) is 7.06. The monoisotopic (exact) mass is 314 g/mol. The van der Waals surface area contributed by atoms with Crippen LogP contribution < -0.4 is 15.4 Å². The highest BCUT2D eigenvalue weighted by atomic mass is 16.5.